The van der Waals surface area contributed by atoms with Crippen molar-refractivity contribution in [1.82, 2.24) is 10.6 Å². The van der Waals surface area contributed by atoms with Crippen molar-refractivity contribution in [2.45, 2.75) is 18.9 Å². The van der Waals surface area contributed by atoms with E-state index in [1.165, 1.54) is 31.4 Å². The van der Waals surface area contributed by atoms with Gasteiger partial charge in [-0.3, -0.25) is 24.5 Å². The fraction of sp³-hybridized carbons (Fsp3) is 0.250. The third-order valence-electron chi connectivity index (χ3n) is 4.11. The summed E-state index contributed by atoms with van der Waals surface area (Å²) >= 11 is 0. The molecule has 9 heteroatoms. The van der Waals surface area contributed by atoms with Crippen LogP contribution in [0.4, 0.5) is 5.69 Å². The van der Waals surface area contributed by atoms with E-state index in [0.717, 1.165) is 5.56 Å². The molecular formula is C20H21N3O6. The molecule has 0 saturated carbocycles. The van der Waals surface area contributed by atoms with Crippen molar-refractivity contribution in [3.63, 3.8) is 0 Å². The predicted octanol–water partition coefficient (Wildman–Crippen LogP) is 2.14. The zero-order valence-corrected chi connectivity index (χ0v) is 15.8. The smallest absolute Gasteiger partial charge is 0.307 e. The third-order valence-corrected chi connectivity index (χ3v) is 4.11. The van der Waals surface area contributed by atoms with E-state index in [0.29, 0.717) is 0 Å². The summed E-state index contributed by atoms with van der Waals surface area (Å²) in [5.41, 5.74) is 0.906. The third kappa shape index (κ3) is 6.73. The Morgan fingerprint density at radius 1 is 1.07 bits per heavy atom. The number of nitro groups is 1. The van der Waals surface area contributed by atoms with Crippen LogP contribution in [0, 0.1) is 10.1 Å². The van der Waals surface area contributed by atoms with Crippen LogP contribution in [0.25, 0.3) is 0 Å². The lowest BCUT2D eigenvalue weighted by Gasteiger charge is -2.18. The molecule has 29 heavy (non-hydrogen) atoms. The maximum atomic E-state index is 12.2. The summed E-state index contributed by atoms with van der Waals surface area (Å²) in [4.78, 5) is 46.0. The molecule has 0 aromatic heterocycles. The average Bonchev–Trinajstić information content (AvgIpc) is 2.73. The molecule has 0 bridgehead atoms. The van der Waals surface area contributed by atoms with E-state index in [2.05, 4.69) is 15.4 Å². The Morgan fingerprint density at radius 2 is 1.72 bits per heavy atom. The van der Waals surface area contributed by atoms with Crippen LogP contribution in [0.5, 0.6) is 0 Å². The van der Waals surface area contributed by atoms with Crippen molar-refractivity contribution in [2.75, 3.05) is 13.7 Å². The van der Waals surface area contributed by atoms with Gasteiger partial charge in [-0.15, -0.1) is 0 Å². The molecule has 2 rings (SSSR count). The summed E-state index contributed by atoms with van der Waals surface area (Å²) in [7, 11) is 1.28. The number of amides is 2. The fourth-order valence-electron chi connectivity index (χ4n) is 2.58. The summed E-state index contributed by atoms with van der Waals surface area (Å²) in [6.07, 6.45) is -0.00929. The zero-order valence-electron chi connectivity index (χ0n) is 15.8. The molecule has 1 atom stereocenters. The number of nitrogens with zero attached hydrogens (tertiary/aromatic N) is 1. The molecule has 152 valence electrons. The summed E-state index contributed by atoms with van der Waals surface area (Å²) in [5, 5.41) is 16.0. The minimum Gasteiger partial charge on any atom is -0.469 e. The minimum absolute atomic E-state index is 0.00320. The van der Waals surface area contributed by atoms with Crippen LogP contribution in [0.15, 0.2) is 54.6 Å². The van der Waals surface area contributed by atoms with Gasteiger partial charge in [-0.1, -0.05) is 30.3 Å². The Hall–Kier alpha value is -3.75. The van der Waals surface area contributed by atoms with Crippen LogP contribution in [0.3, 0.4) is 0 Å². The van der Waals surface area contributed by atoms with Crippen LogP contribution < -0.4 is 10.6 Å². The summed E-state index contributed by atoms with van der Waals surface area (Å²) in [5.74, 6) is -1.24. The number of benzene rings is 2. The Bertz CT molecular complexity index is 868. The number of carbonyl (C=O) groups excluding carboxylic acids is 3. The summed E-state index contributed by atoms with van der Waals surface area (Å²) in [6.45, 7) is 0.0708. The molecule has 0 heterocycles. The van der Waals surface area contributed by atoms with Crippen LogP contribution in [-0.2, 0) is 14.3 Å². The number of rotatable bonds is 9. The van der Waals surface area contributed by atoms with E-state index in [1.807, 2.05) is 6.07 Å². The van der Waals surface area contributed by atoms with E-state index < -0.39 is 22.8 Å². The highest BCUT2D eigenvalue weighted by Crippen LogP contribution is 2.17. The maximum Gasteiger partial charge on any atom is 0.307 e. The number of esters is 1. The van der Waals surface area contributed by atoms with Crippen LogP contribution in [-0.4, -0.2) is 36.4 Å². The Balaban J connectivity index is 1.87. The zero-order chi connectivity index (χ0) is 21.2. The van der Waals surface area contributed by atoms with Crippen molar-refractivity contribution in [3.8, 4) is 0 Å². The number of ether oxygens (including phenoxy) is 1. The molecular weight excluding hydrogens is 378 g/mol. The topological polar surface area (TPSA) is 128 Å². The second-order valence-corrected chi connectivity index (χ2v) is 6.12. The van der Waals surface area contributed by atoms with Gasteiger partial charge in [0.1, 0.15) is 0 Å². The first-order valence-electron chi connectivity index (χ1n) is 8.84. The molecule has 9 nitrogen and oxygen atoms in total. The van der Waals surface area contributed by atoms with Gasteiger partial charge in [0.05, 0.1) is 24.5 Å². The van der Waals surface area contributed by atoms with Crippen molar-refractivity contribution >= 4 is 23.5 Å². The van der Waals surface area contributed by atoms with Gasteiger partial charge in [-0.25, -0.2) is 0 Å². The van der Waals surface area contributed by atoms with E-state index in [-0.39, 0.29) is 36.5 Å². The molecule has 0 aliphatic carbocycles. The number of nitro benzene ring substituents is 1. The monoisotopic (exact) mass is 399 g/mol. The van der Waals surface area contributed by atoms with E-state index >= 15 is 0 Å². The van der Waals surface area contributed by atoms with Crippen molar-refractivity contribution < 1.29 is 24.0 Å². The van der Waals surface area contributed by atoms with Gasteiger partial charge in [-0.2, -0.15) is 0 Å². The summed E-state index contributed by atoms with van der Waals surface area (Å²) in [6, 6.07) is 13.6. The van der Waals surface area contributed by atoms with E-state index in [1.54, 1.807) is 24.3 Å². The highest BCUT2D eigenvalue weighted by molar-refractivity contribution is 5.94. The van der Waals surface area contributed by atoms with Gasteiger partial charge in [0.15, 0.2) is 0 Å². The highest BCUT2D eigenvalue weighted by Gasteiger charge is 2.19. The van der Waals surface area contributed by atoms with Gasteiger partial charge in [0, 0.05) is 30.7 Å². The number of methoxy groups -OCH3 is 1. The second-order valence-electron chi connectivity index (χ2n) is 6.12. The van der Waals surface area contributed by atoms with Gasteiger partial charge in [-0.05, 0) is 17.7 Å². The maximum absolute atomic E-state index is 12.2. The Morgan fingerprint density at radius 3 is 2.31 bits per heavy atom. The minimum atomic E-state index is -0.552. The molecule has 0 aliphatic heterocycles. The van der Waals surface area contributed by atoms with E-state index in [4.69, 9.17) is 0 Å². The van der Waals surface area contributed by atoms with Crippen molar-refractivity contribution in [2.24, 2.45) is 0 Å². The number of carbonyl (C=O) groups is 3. The Kier molecular flexibility index (Phi) is 7.84. The van der Waals surface area contributed by atoms with Crippen LogP contribution >= 0.6 is 0 Å². The van der Waals surface area contributed by atoms with E-state index in [9.17, 15) is 24.5 Å². The van der Waals surface area contributed by atoms with Crippen LogP contribution in [0.1, 0.15) is 34.8 Å². The summed E-state index contributed by atoms with van der Waals surface area (Å²) < 4.78 is 4.68. The molecule has 0 spiro atoms. The first-order chi connectivity index (χ1) is 13.9. The molecule has 2 aromatic carbocycles. The first kappa shape index (κ1) is 21.5. The fourth-order valence-corrected chi connectivity index (χ4v) is 2.58. The lowest BCUT2D eigenvalue weighted by molar-refractivity contribution is -0.384. The molecule has 0 fully saturated rings. The van der Waals surface area contributed by atoms with Crippen LogP contribution in [0.2, 0.25) is 0 Å². The number of non-ortho nitro benzene ring substituents is 1. The molecule has 2 aromatic rings. The second kappa shape index (κ2) is 10.5. The molecule has 2 amide bonds. The van der Waals surface area contributed by atoms with Gasteiger partial charge in [0.2, 0.25) is 5.91 Å². The Labute approximate surface area is 167 Å². The number of nitrogens with one attached hydrogen (secondary N) is 2. The lowest BCUT2D eigenvalue weighted by atomic mass is 10.0. The SMILES string of the molecule is COC(=O)CC(NC(=O)CCNC(=O)c1ccc([N+](=O)[O-])cc1)c1ccccc1. The lowest BCUT2D eigenvalue weighted by Crippen LogP contribution is -2.34. The average molecular weight is 399 g/mol. The molecule has 0 aliphatic rings. The van der Waals surface area contributed by atoms with Gasteiger partial charge >= 0.3 is 5.97 Å². The molecule has 2 N–H and O–H groups in total. The quantitative estimate of drug-likeness (QED) is 0.378. The number of hydrogen-bond acceptors (Lipinski definition) is 6. The molecule has 0 radical (unpaired) electrons. The molecule has 0 saturated heterocycles. The standard InChI is InChI=1S/C20H21N3O6/c1-29-19(25)13-17(14-5-3-2-4-6-14)22-18(24)11-12-21-20(26)15-7-9-16(10-8-15)23(27)28/h2-10,17H,11-13H2,1H3,(H,21,26)(H,22,24). The van der Waals surface area contributed by atoms with Crippen molar-refractivity contribution in [3.05, 3.63) is 75.8 Å². The first-order valence-corrected chi connectivity index (χ1v) is 8.84. The highest BCUT2D eigenvalue weighted by atomic mass is 16.6. The van der Waals surface area contributed by atoms with Crippen molar-refractivity contribution in [1.29, 1.82) is 0 Å². The number of hydrogen-bond donors (Lipinski definition) is 2. The molecule has 1 unspecified atom stereocenters. The van der Waals surface area contributed by atoms with Gasteiger partial charge in [0.25, 0.3) is 11.6 Å². The largest absolute Gasteiger partial charge is 0.469 e. The van der Waals surface area contributed by atoms with Gasteiger partial charge < -0.3 is 15.4 Å². The normalized spacial score (nSPS) is 11.2. The predicted molar refractivity (Wildman–Crippen MR) is 104 cm³/mol.